The Morgan fingerprint density at radius 2 is 2.00 bits per heavy atom. The van der Waals surface area contributed by atoms with Crippen molar-refractivity contribution in [3.8, 4) is 0 Å². The molecule has 1 aliphatic heterocycles. The first kappa shape index (κ1) is 16.2. The van der Waals surface area contributed by atoms with Crippen LogP contribution in [0.25, 0.3) is 10.9 Å². The highest BCUT2D eigenvalue weighted by Crippen LogP contribution is 2.43. The molecular weight excluding hydrogens is 338 g/mol. The summed E-state index contributed by atoms with van der Waals surface area (Å²) in [5, 5.41) is 4.88. The van der Waals surface area contributed by atoms with E-state index in [1.807, 2.05) is 18.2 Å². The molecule has 1 N–H and O–H groups in total. The minimum atomic E-state index is -0.312. The van der Waals surface area contributed by atoms with Gasteiger partial charge in [0.25, 0.3) is 0 Å². The van der Waals surface area contributed by atoms with Crippen molar-refractivity contribution >= 4 is 28.2 Å². The zero-order chi connectivity index (χ0) is 18.5. The summed E-state index contributed by atoms with van der Waals surface area (Å²) < 4.78 is 7.33. The van der Waals surface area contributed by atoms with Crippen LogP contribution in [0.3, 0.4) is 0 Å². The number of nitrogens with one attached hydrogen (secondary N) is 1. The maximum Gasteiger partial charge on any atom is 0.337 e. The highest BCUT2D eigenvalue weighted by Gasteiger charge is 2.32. The van der Waals surface area contributed by atoms with Crippen LogP contribution in [0.5, 0.6) is 0 Å². The predicted octanol–water partition coefficient (Wildman–Crippen LogP) is 4.40. The number of anilines is 2. The SMILES string of the molecule is COC(=O)c1ccc2c(c1)NC(c1cc3ccccc3n1CC1CC1)N2C. The number of fused-ring (bicyclic) bond motifs is 2. The quantitative estimate of drug-likeness (QED) is 0.700. The van der Waals surface area contributed by atoms with Crippen molar-refractivity contribution in [2.24, 2.45) is 5.92 Å². The van der Waals surface area contributed by atoms with Gasteiger partial charge in [-0.05, 0) is 49.1 Å². The summed E-state index contributed by atoms with van der Waals surface area (Å²) in [6, 6.07) is 16.6. The van der Waals surface area contributed by atoms with Crippen molar-refractivity contribution in [2.45, 2.75) is 25.6 Å². The number of methoxy groups -OCH3 is 1. The third-order valence-electron chi connectivity index (χ3n) is 5.74. The second-order valence-electron chi connectivity index (χ2n) is 7.56. The first-order chi connectivity index (χ1) is 13.2. The van der Waals surface area contributed by atoms with Crippen LogP contribution in [0.4, 0.5) is 11.4 Å². The van der Waals surface area contributed by atoms with Gasteiger partial charge in [-0.25, -0.2) is 4.79 Å². The summed E-state index contributed by atoms with van der Waals surface area (Å²) >= 11 is 0. The molecule has 2 aliphatic rings. The van der Waals surface area contributed by atoms with E-state index in [0.717, 1.165) is 23.8 Å². The summed E-state index contributed by atoms with van der Waals surface area (Å²) in [6.07, 6.45) is 2.68. The molecule has 5 nitrogen and oxygen atoms in total. The second kappa shape index (κ2) is 6.05. The number of nitrogens with zero attached hydrogens (tertiary/aromatic N) is 2. The van der Waals surface area contributed by atoms with Crippen molar-refractivity contribution in [2.75, 3.05) is 24.4 Å². The molecular formula is C22H23N3O2. The first-order valence-electron chi connectivity index (χ1n) is 9.45. The second-order valence-corrected chi connectivity index (χ2v) is 7.56. The number of esters is 1. The Morgan fingerprint density at radius 3 is 2.78 bits per heavy atom. The van der Waals surface area contributed by atoms with Gasteiger partial charge in [-0.2, -0.15) is 0 Å². The molecule has 3 aromatic rings. The fraction of sp³-hybridized carbons (Fsp3) is 0.318. The maximum atomic E-state index is 11.9. The molecule has 2 aromatic carbocycles. The van der Waals surface area contributed by atoms with Gasteiger partial charge in [0.15, 0.2) is 0 Å². The molecule has 0 saturated heterocycles. The lowest BCUT2D eigenvalue weighted by molar-refractivity contribution is 0.0601. The van der Waals surface area contributed by atoms with Crippen LogP contribution in [0.1, 0.15) is 35.1 Å². The summed E-state index contributed by atoms with van der Waals surface area (Å²) in [7, 11) is 3.51. The van der Waals surface area contributed by atoms with Gasteiger partial charge in [0.2, 0.25) is 0 Å². The third kappa shape index (κ3) is 2.65. The molecule has 1 fully saturated rings. The largest absolute Gasteiger partial charge is 0.465 e. The van der Waals surface area contributed by atoms with Gasteiger partial charge in [0, 0.05) is 24.5 Å². The summed E-state index contributed by atoms with van der Waals surface area (Å²) in [4.78, 5) is 14.1. The average Bonchev–Trinajstić information content (AvgIpc) is 3.36. The highest BCUT2D eigenvalue weighted by atomic mass is 16.5. The zero-order valence-corrected chi connectivity index (χ0v) is 15.6. The van der Waals surface area contributed by atoms with Gasteiger partial charge in [0.1, 0.15) is 6.17 Å². The predicted molar refractivity (Wildman–Crippen MR) is 107 cm³/mol. The lowest BCUT2D eigenvalue weighted by Crippen LogP contribution is -2.26. The number of carbonyl (C=O) groups excluding carboxylic acids is 1. The fourth-order valence-electron chi connectivity index (χ4n) is 4.08. The number of rotatable bonds is 4. The molecule has 1 aromatic heterocycles. The molecule has 1 saturated carbocycles. The smallest absolute Gasteiger partial charge is 0.337 e. The molecule has 27 heavy (non-hydrogen) atoms. The van der Waals surface area contributed by atoms with E-state index in [0.29, 0.717) is 5.56 Å². The number of aromatic nitrogens is 1. The highest BCUT2D eigenvalue weighted by molar-refractivity contribution is 5.93. The number of carbonyl (C=O) groups is 1. The molecule has 1 unspecified atom stereocenters. The Hall–Kier alpha value is -2.95. The van der Waals surface area contributed by atoms with E-state index >= 15 is 0 Å². The summed E-state index contributed by atoms with van der Waals surface area (Å²) in [6.45, 7) is 1.07. The maximum absolute atomic E-state index is 11.9. The number of benzene rings is 2. The van der Waals surface area contributed by atoms with Gasteiger partial charge < -0.3 is 19.5 Å². The average molecular weight is 361 g/mol. The van der Waals surface area contributed by atoms with E-state index < -0.39 is 0 Å². The van der Waals surface area contributed by atoms with Crippen molar-refractivity contribution in [1.82, 2.24) is 4.57 Å². The van der Waals surface area contributed by atoms with Crippen molar-refractivity contribution < 1.29 is 9.53 Å². The van der Waals surface area contributed by atoms with Gasteiger partial charge in [-0.15, -0.1) is 0 Å². The Kier molecular flexibility index (Phi) is 3.64. The standard InChI is InChI=1S/C22H23N3O2/c1-24-19-10-9-16(22(26)27-2)11-17(19)23-21(24)20-12-15-5-3-4-6-18(15)25(20)13-14-7-8-14/h3-6,9-12,14,21,23H,7-8,13H2,1-2H3. The number of hydrogen-bond acceptors (Lipinski definition) is 4. The molecule has 138 valence electrons. The zero-order valence-electron chi connectivity index (χ0n) is 15.6. The van der Waals surface area contributed by atoms with Gasteiger partial charge in [-0.1, -0.05) is 18.2 Å². The van der Waals surface area contributed by atoms with Gasteiger partial charge in [-0.3, -0.25) is 0 Å². The molecule has 5 heteroatoms. The van der Waals surface area contributed by atoms with Crippen LogP contribution in [-0.4, -0.2) is 24.7 Å². The van der Waals surface area contributed by atoms with Crippen molar-refractivity contribution in [3.63, 3.8) is 0 Å². The summed E-state index contributed by atoms with van der Waals surface area (Å²) in [5.41, 5.74) is 5.18. The van der Waals surface area contributed by atoms with E-state index in [4.69, 9.17) is 4.74 Å². The molecule has 1 aliphatic carbocycles. The Labute approximate surface area is 158 Å². The fourth-order valence-corrected chi connectivity index (χ4v) is 4.08. The number of ether oxygens (including phenoxy) is 1. The lowest BCUT2D eigenvalue weighted by Gasteiger charge is -2.24. The van der Waals surface area contributed by atoms with Crippen LogP contribution in [0.2, 0.25) is 0 Å². The molecule has 0 spiro atoms. The molecule has 5 rings (SSSR count). The molecule has 0 radical (unpaired) electrons. The van der Waals surface area contributed by atoms with Crippen molar-refractivity contribution in [3.05, 3.63) is 59.8 Å². The minimum absolute atomic E-state index is 0.0408. The van der Waals surface area contributed by atoms with Crippen molar-refractivity contribution in [1.29, 1.82) is 0 Å². The van der Waals surface area contributed by atoms with E-state index in [9.17, 15) is 4.79 Å². The first-order valence-corrected chi connectivity index (χ1v) is 9.45. The Balaban J connectivity index is 1.56. The van der Waals surface area contributed by atoms with E-state index in [1.54, 1.807) is 0 Å². The van der Waals surface area contributed by atoms with Gasteiger partial charge in [0.05, 0.1) is 29.7 Å². The normalized spacial score (nSPS) is 18.4. The molecule has 0 amide bonds. The van der Waals surface area contributed by atoms with E-state index in [2.05, 4.69) is 52.2 Å². The minimum Gasteiger partial charge on any atom is -0.465 e. The monoisotopic (exact) mass is 361 g/mol. The van der Waals surface area contributed by atoms with E-state index in [-0.39, 0.29) is 12.1 Å². The van der Waals surface area contributed by atoms with Crippen LogP contribution in [-0.2, 0) is 11.3 Å². The Bertz CT molecular complexity index is 1040. The molecule has 1 atom stereocenters. The van der Waals surface area contributed by atoms with Crippen LogP contribution < -0.4 is 10.2 Å². The molecule has 0 bridgehead atoms. The van der Waals surface area contributed by atoms with Crippen LogP contribution >= 0.6 is 0 Å². The topological polar surface area (TPSA) is 46.5 Å². The van der Waals surface area contributed by atoms with Crippen LogP contribution in [0, 0.1) is 5.92 Å². The van der Waals surface area contributed by atoms with Crippen LogP contribution in [0.15, 0.2) is 48.5 Å². The number of hydrogen-bond donors (Lipinski definition) is 1. The lowest BCUT2D eigenvalue weighted by atomic mass is 10.2. The Morgan fingerprint density at radius 1 is 1.19 bits per heavy atom. The third-order valence-corrected chi connectivity index (χ3v) is 5.74. The van der Waals surface area contributed by atoms with Gasteiger partial charge >= 0.3 is 5.97 Å². The van der Waals surface area contributed by atoms with E-state index in [1.165, 1.54) is 36.5 Å². The molecule has 2 heterocycles. The number of para-hydroxylation sites is 1. The summed E-state index contributed by atoms with van der Waals surface area (Å²) in [5.74, 6) is 0.480.